The number of amides is 1. The molecule has 2 aromatic carbocycles. The van der Waals surface area contributed by atoms with Gasteiger partial charge in [-0.2, -0.15) is 0 Å². The molecule has 0 N–H and O–H groups in total. The van der Waals surface area contributed by atoms with E-state index in [0.29, 0.717) is 28.0 Å². The summed E-state index contributed by atoms with van der Waals surface area (Å²) in [5.74, 6) is 0.591. The molecule has 0 radical (unpaired) electrons. The molecule has 2 aliphatic rings. The van der Waals surface area contributed by atoms with Gasteiger partial charge in [0.25, 0.3) is 5.91 Å². The van der Waals surface area contributed by atoms with E-state index in [1.807, 2.05) is 6.07 Å². The lowest BCUT2D eigenvalue weighted by atomic mass is 9.78. The maximum Gasteiger partial charge on any atom is 0.254 e. The lowest BCUT2D eigenvalue weighted by Gasteiger charge is -2.44. The number of rotatable bonds is 4. The fourth-order valence-electron chi connectivity index (χ4n) is 4.77. The van der Waals surface area contributed by atoms with Gasteiger partial charge in [-0.3, -0.25) is 4.79 Å². The van der Waals surface area contributed by atoms with Crippen LogP contribution >= 0.6 is 0 Å². The van der Waals surface area contributed by atoms with Crippen molar-refractivity contribution in [3.63, 3.8) is 0 Å². The number of sulfone groups is 1. The normalized spacial score (nSPS) is 22.5. The van der Waals surface area contributed by atoms with Crippen LogP contribution in [0.4, 0.5) is 0 Å². The number of nitrogens with zero attached hydrogens (tertiary/aromatic N) is 1. The molecular weight excluding hydrogens is 370 g/mol. The molecule has 4 rings (SSSR count). The van der Waals surface area contributed by atoms with Gasteiger partial charge in [-0.05, 0) is 61.4 Å². The van der Waals surface area contributed by atoms with Crippen LogP contribution in [-0.2, 0) is 15.6 Å². The number of hydrogen-bond acceptors (Lipinski definition) is 3. The van der Waals surface area contributed by atoms with E-state index >= 15 is 0 Å². The Morgan fingerprint density at radius 1 is 0.929 bits per heavy atom. The number of benzene rings is 2. The molecule has 0 bridgehead atoms. The fourth-order valence-corrected chi connectivity index (χ4v) is 6.12. The van der Waals surface area contributed by atoms with Gasteiger partial charge in [0.15, 0.2) is 9.84 Å². The van der Waals surface area contributed by atoms with Crippen LogP contribution in [0.25, 0.3) is 0 Å². The standard InChI is InChI=1S/C23H27NO3S/c25-23(24-15-7-11-19-9-4-5-14-22(19)24)20-10-6-8-18(16-20)17-28(26,27)21-12-2-1-3-13-21/h1-3,6,8,10,12-13,16,19,22H,4-5,7,9,11,14-15,17H2. The minimum atomic E-state index is -3.42. The lowest BCUT2D eigenvalue weighted by molar-refractivity contribution is 0.0390. The maximum absolute atomic E-state index is 13.2. The Hall–Kier alpha value is -2.14. The summed E-state index contributed by atoms with van der Waals surface area (Å²) >= 11 is 0. The number of likely N-dealkylation sites (tertiary alicyclic amines) is 1. The molecule has 1 aliphatic heterocycles. The third kappa shape index (κ3) is 4.00. The third-order valence-electron chi connectivity index (χ3n) is 6.14. The molecular formula is C23H27NO3S. The second kappa shape index (κ2) is 8.08. The van der Waals surface area contributed by atoms with Gasteiger partial charge in [-0.1, -0.05) is 43.2 Å². The topological polar surface area (TPSA) is 54.5 Å². The Bertz CT molecular complexity index is 937. The highest BCUT2D eigenvalue weighted by atomic mass is 32.2. The zero-order valence-corrected chi connectivity index (χ0v) is 16.9. The molecule has 1 saturated heterocycles. The van der Waals surface area contributed by atoms with Crippen molar-refractivity contribution < 1.29 is 13.2 Å². The van der Waals surface area contributed by atoms with Gasteiger partial charge in [-0.25, -0.2) is 8.42 Å². The van der Waals surface area contributed by atoms with E-state index in [9.17, 15) is 13.2 Å². The highest BCUT2D eigenvalue weighted by Gasteiger charge is 2.36. The number of piperidine rings is 1. The maximum atomic E-state index is 13.2. The van der Waals surface area contributed by atoms with Crippen LogP contribution < -0.4 is 0 Å². The number of fused-ring (bicyclic) bond motifs is 1. The van der Waals surface area contributed by atoms with Gasteiger partial charge in [0.05, 0.1) is 10.6 Å². The molecule has 5 heteroatoms. The van der Waals surface area contributed by atoms with Crippen LogP contribution in [0.3, 0.4) is 0 Å². The summed E-state index contributed by atoms with van der Waals surface area (Å²) in [4.78, 5) is 15.6. The SMILES string of the molecule is O=C(c1cccc(CS(=O)(=O)c2ccccc2)c1)N1CCCC2CCCCC21. The van der Waals surface area contributed by atoms with E-state index in [2.05, 4.69) is 4.90 Å². The van der Waals surface area contributed by atoms with Crippen LogP contribution in [0.5, 0.6) is 0 Å². The first-order valence-corrected chi connectivity index (χ1v) is 11.9. The Morgan fingerprint density at radius 2 is 1.68 bits per heavy atom. The third-order valence-corrected chi connectivity index (χ3v) is 7.84. The molecule has 1 amide bonds. The highest BCUT2D eigenvalue weighted by molar-refractivity contribution is 7.90. The zero-order valence-electron chi connectivity index (χ0n) is 16.1. The number of hydrogen-bond donors (Lipinski definition) is 0. The van der Waals surface area contributed by atoms with E-state index < -0.39 is 9.84 Å². The van der Waals surface area contributed by atoms with Gasteiger partial charge >= 0.3 is 0 Å². The Balaban J connectivity index is 1.54. The Labute approximate surface area is 167 Å². The van der Waals surface area contributed by atoms with Crippen LogP contribution in [-0.4, -0.2) is 31.8 Å². The van der Waals surface area contributed by atoms with Crippen LogP contribution in [0, 0.1) is 5.92 Å². The molecule has 1 aliphatic carbocycles. The van der Waals surface area contributed by atoms with E-state index in [0.717, 1.165) is 19.4 Å². The molecule has 4 nitrogen and oxygen atoms in total. The second-order valence-electron chi connectivity index (χ2n) is 8.03. The first-order chi connectivity index (χ1) is 13.5. The lowest BCUT2D eigenvalue weighted by Crippen LogP contribution is -2.49. The average molecular weight is 398 g/mol. The van der Waals surface area contributed by atoms with Crippen molar-refractivity contribution in [1.29, 1.82) is 0 Å². The van der Waals surface area contributed by atoms with Crippen molar-refractivity contribution in [3.8, 4) is 0 Å². The summed E-state index contributed by atoms with van der Waals surface area (Å²) in [5.41, 5.74) is 1.26. The van der Waals surface area contributed by atoms with E-state index in [-0.39, 0.29) is 11.7 Å². The van der Waals surface area contributed by atoms with Crippen LogP contribution in [0.2, 0.25) is 0 Å². The average Bonchev–Trinajstić information content (AvgIpc) is 2.73. The Morgan fingerprint density at radius 3 is 2.50 bits per heavy atom. The molecule has 2 atom stereocenters. The molecule has 1 saturated carbocycles. The zero-order chi connectivity index (χ0) is 19.6. The summed E-state index contributed by atoms with van der Waals surface area (Å²) in [6.45, 7) is 0.812. The Kier molecular flexibility index (Phi) is 5.54. The predicted molar refractivity (Wildman–Crippen MR) is 110 cm³/mol. The van der Waals surface area contributed by atoms with Crippen molar-refractivity contribution in [2.45, 2.75) is 55.2 Å². The minimum Gasteiger partial charge on any atom is -0.335 e. The van der Waals surface area contributed by atoms with Gasteiger partial charge in [0.2, 0.25) is 0 Å². The summed E-state index contributed by atoms with van der Waals surface area (Å²) < 4.78 is 25.4. The van der Waals surface area contributed by atoms with Gasteiger partial charge in [-0.15, -0.1) is 0 Å². The highest BCUT2D eigenvalue weighted by Crippen LogP contribution is 2.36. The van der Waals surface area contributed by atoms with Crippen molar-refractivity contribution in [2.24, 2.45) is 5.92 Å². The summed E-state index contributed by atoms with van der Waals surface area (Å²) in [6.07, 6.45) is 7.08. The number of carbonyl (C=O) groups is 1. The number of carbonyl (C=O) groups excluding carboxylic acids is 1. The van der Waals surface area contributed by atoms with E-state index in [1.54, 1.807) is 48.5 Å². The largest absolute Gasteiger partial charge is 0.335 e. The smallest absolute Gasteiger partial charge is 0.254 e. The first-order valence-electron chi connectivity index (χ1n) is 10.2. The van der Waals surface area contributed by atoms with Crippen molar-refractivity contribution in [3.05, 3.63) is 65.7 Å². The fraction of sp³-hybridized carbons (Fsp3) is 0.435. The van der Waals surface area contributed by atoms with E-state index in [1.165, 1.54) is 25.7 Å². The first kappa shape index (κ1) is 19.2. The molecule has 0 aromatic heterocycles. The van der Waals surface area contributed by atoms with Gasteiger partial charge in [0, 0.05) is 18.2 Å². The summed E-state index contributed by atoms with van der Waals surface area (Å²) in [6, 6.07) is 16.0. The second-order valence-corrected chi connectivity index (χ2v) is 10.0. The quantitative estimate of drug-likeness (QED) is 0.766. The van der Waals surface area contributed by atoms with E-state index in [4.69, 9.17) is 0 Å². The minimum absolute atomic E-state index is 0.0514. The summed E-state index contributed by atoms with van der Waals surface area (Å²) in [5, 5.41) is 0. The molecule has 0 spiro atoms. The molecule has 2 fully saturated rings. The molecule has 1 heterocycles. The van der Waals surface area contributed by atoms with Crippen molar-refractivity contribution >= 4 is 15.7 Å². The van der Waals surface area contributed by atoms with Crippen molar-refractivity contribution in [2.75, 3.05) is 6.54 Å². The molecule has 148 valence electrons. The van der Waals surface area contributed by atoms with Crippen LogP contribution in [0.15, 0.2) is 59.5 Å². The predicted octanol–water partition coefficient (Wildman–Crippen LogP) is 4.46. The van der Waals surface area contributed by atoms with Gasteiger partial charge in [0.1, 0.15) is 0 Å². The van der Waals surface area contributed by atoms with Crippen LogP contribution in [0.1, 0.15) is 54.4 Å². The summed E-state index contributed by atoms with van der Waals surface area (Å²) in [7, 11) is -3.42. The molecule has 2 aromatic rings. The molecule has 28 heavy (non-hydrogen) atoms. The van der Waals surface area contributed by atoms with Crippen molar-refractivity contribution in [1.82, 2.24) is 4.90 Å². The monoisotopic (exact) mass is 397 g/mol. The molecule has 2 unspecified atom stereocenters. The van der Waals surface area contributed by atoms with Gasteiger partial charge < -0.3 is 4.90 Å².